The summed E-state index contributed by atoms with van der Waals surface area (Å²) < 4.78 is 31.1. The molecule has 1 unspecified atom stereocenters. The third kappa shape index (κ3) is 4.27. The highest BCUT2D eigenvalue weighted by molar-refractivity contribution is 7.90. The maximum absolute atomic E-state index is 14.0. The van der Waals surface area contributed by atoms with Gasteiger partial charge in [-0.3, -0.25) is 0 Å². The van der Waals surface area contributed by atoms with Gasteiger partial charge < -0.3 is 10.7 Å². The van der Waals surface area contributed by atoms with Crippen LogP contribution < -0.4 is 5.73 Å². The van der Waals surface area contributed by atoms with Crippen molar-refractivity contribution < 1.29 is 8.42 Å². The Morgan fingerprint density at radius 1 is 0.844 bits per heavy atom. The minimum atomic E-state index is -3.94. The van der Waals surface area contributed by atoms with E-state index in [1.807, 2.05) is 79.7 Å². The zero-order chi connectivity index (χ0) is 30.7. The van der Waals surface area contributed by atoms with Gasteiger partial charge in [0, 0.05) is 17.1 Å². The van der Waals surface area contributed by atoms with Gasteiger partial charge >= 0.3 is 0 Å². The average Bonchev–Trinajstić information content (AvgIpc) is 3.77. The fourth-order valence-electron chi connectivity index (χ4n) is 5.88. The fraction of sp³-hybridized carbons (Fsp3) is 0.0588. The first kappa shape index (κ1) is 26.8. The highest BCUT2D eigenvalue weighted by Gasteiger charge is 2.29. The molecule has 0 spiro atoms. The molecule has 3 N–H and O–H groups in total. The lowest BCUT2D eigenvalue weighted by Gasteiger charge is -2.16. The first-order chi connectivity index (χ1) is 21.9. The molecule has 8 aromatic rings. The number of aromatic nitrogens is 7. The predicted octanol–water partition coefficient (Wildman–Crippen LogP) is 6.09. The molecule has 0 aliphatic carbocycles. The van der Waals surface area contributed by atoms with E-state index in [4.69, 9.17) is 15.8 Å². The Labute approximate surface area is 257 Å². The number of nitrogens with one attached hydrogen (secondary N) is 1. The number of benzene rings is 4. The predicted molar refractivity (Wildman–Crippen MR) is 174 cm³/mol. The number of nitrogens with zero attached hydrogens (tertiary/aromatic N) is 6. The molecule has 4 heterocycles. The van der Waals surface area contributed by atoms with E-state index in [1.165, 1.54) is 10.3 Å². The maximum Gasteiger partial charge on any atom is 0.268 e. The first-order valence-corrected chi connectivity index (χ1v) is 15.7. The zero-order valence-corrected chi connectivity index (χ0v) is 24.8. The SMILES string of the molecule is Cc1ccc(S(=O)(=O)n2cc(-c3nn(C(c4ccccc4)c4nc5ccccc5[nH]4)c4ncnc(N)c34)c3ccccc32)cc1. The lowest BCUT2D eigenvalue weighted by molar-refractivity contribution is 0.588. The normalized spacial score (nSPS) is 12.7. The number of anilines is 1. The van der Waals surface area contributed by atoms with E-state index in [9.17, 15) is 8.42 Å². The molecule has 220 valence electrons. The summed E-state index contributed by atoms with van der Waals surface area (Å²) in [5, 5.41) is 6.36. The van der Waals surface area contributed by atoms with Gasteiger partial charge in [0.25, 0.3) is 10.0 Å². The number of rotatable bonds is 6. The lowest BCUT2D eigenvalue weighted by Crippen LogP contribution is -2.16. The van der Waals surface area contributed by atoms with Crippen LogP contribution in [0.5, 0.6) is 0 Å². The summed E-state index contributed by atoms with van der Waals surface area (Å²) in [4.78, 5) is 17.5. The van der Waals surface area contributed by atoms with Crippen molar-refractivity contribution in [2.24, 2.45) is 0 Å². The van der Waals surface area contributed by atoms with Crippen molar-refractivity contribution in [3.63, 3.8) is 0 Å². The largest absolute Gasteiger partial charge is 0.383 e. The van der Waals surface area contributed by atoms with Gasteiger partial charge in [0.2, 0.25) is 0 Å². The smallest absolute Gasteiger partial charge is 0.268 e. The summed E-state index contributed by atoms with van der Waals surface area (Å²) in [6.07, 6.45) is 3.02. The van der Waals surface area contributed by atoms with E-state index in [0.29, 0.717) is 39.0 Å². The Hall–Kier alpha value is -5.81. The second-order valence-corrected chi connectivity index (χ2v) is 12.7. The molecule has 0 bridgehead atoms. The number of nitrogen functional groups attached to an aromatic ring is 1. The summed E-state index contributed by atoms with van der Waals surface area (Å²) in [7, 11) is -3.94. The van der Waals surface area contributed by atoms with Crippen LogP contribution in [-0.2, 0) is 10.0 Å². The summed E-state index contributed by atoms with van der Waals surface area (Å²) in [5.41, 5.74) is 12.2. The number of hydrogen-bond acceptors (Lipinski definition) is 7. The van der Waals surface area contributed by atoms with Crippen LogP contribution in [0.1, 0.15) is 23.0 Å². The molecule has 0 radical (unpaired) electrons. The Morgan fingerprint density at radius 2 is 1.58 bits per heavy atom. The van der Waals surface area contributed by atoms with Crippen LogP contribution in [0.4, 0.5) is 5.82 Å². The van der Waals surface area contributed by atoms with Crippen molar-refractivity contribution in [3.8, 4) is 11.3 Å². The van der Waals surface area contributed by atoms with Crippen LogP contribution >= 0.6 is 0 Å². The van der Waals surface area contributed by atoms with Crippen LogP contribution in [0.25, 0.3) is 44.2 Å². The summed E-state index contributed by atoms with van der Waals surface area (Å²) in [6.45, 7) is 1.92. The Morgan fingerprint density at radius 3 is 2.38 bits per heavy atom. The molecule has 0 amide bonds. The van der Waals surface area contributed by atoms with Gasteiger partial charge in [-0.05, 0) is 42.8 Å². The second-order valence-electron chi connectivity index (χ2n) is 10.9. The molecule has 4 aromatic carbocycles. The third-order valence-electron chi connectivity index (χ3n) is 8.06. The van der Waals surface area contributed by atoms with Gasteiger partial charge in [0.05, 0.1) is 26.8 Å². The molecular formula is C34H26N8O2S. The van der Waals surface area contributed by atoms with E-state index >= 15 is 0 Å². The minimum Gasteiger partial charge on any atom is -0.383 e. The number of aryl methyl sites for hydroxylation is 1. The fourth-order valence-corrected chi connectivity index (χ4v) is 7.25. The Kier molecular flexibility index (Phi) is 6.03. The highest BCUT2D eigenvalue weighted by Crippen LogP contribution is 2.39. The minimum absolute atomic E-state index is 0.188. The van der Waals surface area contributed by atoms with Crippen LogP contribution in [0, 0.1) is 6.92 Å². The molecule has 11 heteroatoms. The van der Waals surface area contributed by atoms with Crippen LogP contribution in [-0.4, -0.2) is 42.1 Å². The Balaban J connectivity index is 1.40. The van der Waals surface area contributed by atoms with Crippen molar-refractivity contribution in [2.45, 2.75) is 17.9 Å². The number of nitrogens with two attached hydrogens (primary N) is 1. The molecule has 10 nitrogen and oxygen atoms in total. The van der Waals surface area contributed by atoms with Gasteiger partial charge in [0.15, 0.2) is 5.65 Å². The molecule has 0 aliphatic rings. The number of para-hydroxylation sites is 3. The molecule has 0 saturated carbocycles. The van der Waals surface area contributed by atoms with Gasteiger partial charge in [0.1, 0.15) is 29.7 Å². The standard InChI is InChI=1S/C34H26N8O2S/c1-21-15-17-23(18-16-21)45(43,44)41-19-25(24-11-5-8-14-28(24)41)30-29-32(35)36-20-37-34(29)42(40-30)31(22-9-3-2-4-10-22)33-38-26-12-6-7-13-27(26)39-33/h2-20,31H,1H3,(H,38,39)(H2,35,36,37). The molecule has 1 atom stereocenters. The quantitative estimate of drug-likeness (QED) is 0.232. The summed E-state index contributed by atoms with van der Waals surface area (Å²) in [6, 6.07) is 31.4. The maximum atomic E-state index is 14.0. The van der Waals surface area contributed by atoms with Crippen LogP contribution in [0.3, 0.4) is 0 Å². The number of H-pyrrole nitrogens is 1. The van der Waals surface area contributed by atoms with E-state index in [2.05, 4.69) is 15.0 Å². The van der Waals surface area contributed by atoms with Crippen molar-refractivity contribution in [1.82, 2.24) is 33.7 Å². The van der Waals surface area contributed by atoms with Crippen molar-refractivity contribution >= 4 is 48.8 Å². The number of fused-ring (bicyclic) bond motifs is 3. The second kappa shape index (κ2) is 10.1. The molecular weight excluding hydrogens is 584 g/mol. The number of hydrogen-bond donors (Lipinski definition) is 2. The molecule has 45 heavy (non-hydrogen) atoms. The van der Waals surface area contributed by atoms with Gasteiger partial charge in [-0.1, -0.05) is 78.4 Å². The third-order valence-corrected chi connectivity index (χ3v) is 9.74. The number of aromatic amines is 1. The Bertz CT molecular complexity index is 2450. The summed E-state index contributed by atoms with van der Waals surface area (Å²) >= 11 is 0. The van der Waals surface area contributed by atoms with Gasteiger partial charge in [-0.2, -0.15) is 5.10 Å². The highest BCUT2D eigenvalue weighted by atomic mass is 32.2. The topological polar surface area (TPSA) is 137 Å². The van der Waals surface area contributed by atoms with E-state index < -0.39 is 16.1 Å². The molecule has 4 aromatic heterocycles. The van der Waals surface area contributed by atoms with Crippen molar-refractivity contribution in [3.05, 3.63) is 133 Å². The van der Waals surface area contributed by atoms with E-state index in [1.54, 1.807) is 41.2 Å². The molecule has 0 aliphatic heterocycles. The summed E-state index contributed by atoms with van der Waals surface area (Å²) in [5.74, 6) is 0.899. The van der Waals surface area contributed by atoms with E-state index in [0.717, 1.165) is 22.2 Å². The van der Waals surface area contributed by atoms with Gasteiger partial charge in [-0.25, -0.2) is 32.0 Å². The van der Waals surface area contributed by atoms with Crippen molar-refractivity contribution in [1.29, 1.82) is 0 Å². The molecule has 0 fully saturated rings. The molecule has 8 rings (SSSR count). The lowest BCUT2D eigenvalue weighted by atomic mass is 10.1. The monoisotopic (exact) mass is 610 g/mol. The molecule has 0 saturated heterocycles. The van der Waals surface area contributed by atoms with Gasteiger partial charge in [-0.15, -0.1) is 0 Å². The van der Waals surface area contributed by atoms with Crippen LogP contribution in [0.15, 0.2) is 121 Å². The number of imidazole rings is 1. The average molecular weight is 611 g/mol. The van der Waals surface area contributed by atoms with Crippen LogP contribution in [0.2, 0.25) is 0 Å². The van der Waals surface area contributed by atoms with Crippen molar-refractivity contribution in [2.75, 3.05) is 5.73 Å². The zero-order valence-electron chi connectivity index (χ0n) is 24.0. The first-order valence-electron chi connectivity index (χ1n) is 14.3. The van der Waals surface area contributed by atoms with E-state index in [-0.39, 0.29) is 10.7 Å².